The van der Waals surface area contributed by atoms with Gasteiger partial charge in [0.1, 0.15) is 0 Å². The Morgan fingerprint density at radius 2 is 2.05 bits per heavy atom. The van der Waals surface area contributed by atoms with Crippen LogP contribution >= 0.6 is 27.3 Å². The number of para-hydroxylation sites is 1. The van der Waals surface area contributed by atoms with Crippen LogP contribution in [0.3, 0.4) is 0 Å². The van der Waals surface area contributed by atoms with Gasteiger partial charge < -0.3 is 5.32 Å². The Balaban J connectivity index is 2.06. The fourth-order valence-electron chi connectivity index (χ4n) is 2.25. The molecule has 0 aliphatic carbocycles. The predicted octanol–water partition coefficient (Wildman–Crippen LogP) is 4.37. The standard InChI is InChI=1S/C15H13BrN2S/c1-17-15(12-7-14(16)19-9-12)11-6-10-4-2-3-5-13(10)18-8-11/h2-9,15,17H,1H3. The van der Waals surface area contributed by atoms with Crippen molar-refractivity contribution in [1.82, 2.24) is 10.3 Å². The summed E-state index contributed by atoms with van der Waals surface area (Å²) in [5, 5.41) is 6.70. The fourth-order valence-corrected chi connectivity index (χ4v) is 3.45. The zero-order valence-corrected chi connectivity index (χ0v) is 12.8. The summed E-state index contributed by atoms with van der Waals surface area (Å²) < 4.78 is 1.15. The number of hydrogen-bond donors (Lipinski definition) is 1. The van der Waals surface area contributed by atoms with E-state index in [2.05, 4.69) is 49.8 Å². The highest BCUT2D eigenvalue weighted by atomic mass is 79.9. The molecule has 3 aromatic rings. The van der Waals surface area contributed by atoms with Gasteiger partial charge in [-0.15, -0.1) is 11.3 Å². The van der Waals surface area contributed by atoms with Gasteiger partial charge in [0, 0.05) is 11.6 Å². The largest absolute Gasteiger partial charge is 0.309 e. The van der Waals surface area contributed by atoms with Gasteiger partial charge in [0.2, 0.25) is 0 Å². The molecule has 1 unspecified atom stereocenters. The highest BCUT2D eigenvalue weighted by molar-refractivity contribution is 9.11. The van der Waals surface area contributed by atoms with E-state index >= 15 is 0 Å². The van der Waals surface area contributed by atoms with Crippen LogP contribution in [0.4, 0.5) is 0 Å². The Kier molecular flexibility index (Phi) is 3.64. The van der Waals surface area contributed by atoms with Gasteiger partial charge in [-0.05, 0) is 57.7 Å². The molecule has 0 fully saturated rings. The summed E-state index contributed by atoms with van der Waals surface area (Å²) in [6.07, 6.45) is 1.95. The molecule has 0 amide bonds. The Morgan fingerprint density at radius 3 is 2.79 bits per heavy atom. The highest BCUT2D eigenvalue weighted by Crippen LogP contribution is 2.29. The third-order valence-electron chi connectivity index (χ3n) is 3.15. The molecule has 4 heteroatoms. The van der Waals surface area contributed by atoms with E-state index in [4.69, 9.17) is 0 Å². The molecule has 1 atom stereocenters. The molecule has 0 aliphatic rings. The number of nitrogens with zero attached hydrogens (tertiary/aromatic N) is 1. The first kappa shape index (κ1) is 12.8. The van der Waals surface area contributed by atoms with Crippen LogP contribution in [0, 0.1) is 0 Å². The summed E-state index contributed by atoms with van der Waals surface area (Å²) in [4.78, 5) is 4.53. The maximum atomic E-state index is 4.53. The van der Waals surface area contributed by atoms with Crippen LogP contribution in [0.5, 0.6) is 0 Å². The second-order valence-electron chi connectivity index (χ2n) is 4.37. The third-order valence-corrected chi connectivity index (χ3v) is 4.68. The molecule has 0 aliphatic heterocycles. The average Bonchev–Trinajstić information content (AvgIpc) is 2.86. The number of thiophene rings is 1. The number of halogens is 1. The van der Waals surface area contributed by atoms with E-state index in [1.165, 1.54) is 16.5 Å². The van der Waals surface area contributed by atoms with Gasteiger partial charge >= 0.3 is 0 Å². The van der Waals surface area contributed by atoms with Crippen molar-refractivity contribution in [3.8, 4) is 0 Å². The molecular weight excluding hydrogens is 320 g/mol. The highest BCUT2D eigenvalue weighted by Gasteiger charge is 2.14. The van der Waals surface area contributed by atoms with Crippen molar-refractivity contribution in [1.29, 1.82) is 0 Å². The lowest BCUT2D eigenvalue weighted by molar-refractivity contribution is 0.692. The summed E-state index contributed by atoms with van der Waals surface area (Å²) >= 11 is 5.22. The van der Waals surface area contributed by atoms with E-state index in [1.54, 1.807) is 11.3 Å². The lowest BCUT2D eigenvalue weighted by atomic mass is 10.0. The zero-order valence-electron chi connectivity index (χ0n) is 10.4. The first-order chi connectivity index (χ1) is 9.28. The van der Waals surface area contributed by atoms with Gasteiger partial charge in [0.15, 0.2) is 0 Å². The minimum atomic E-state index is 0.180. The number of aromatic nitrogens is 1. The maximum absolute atomic E-state index is 4.53. The lowest BCUT2D eigenvalue weighted by Crippen LogP contribution is -2.17. The molecule has 2 heterocycles. The normalized spacial score (nSPS) is 12.7. The summed E-state index contributed by atoms with van der Waals surface area (Å²) in [5.41, 5.74) is 3.48. The average molecular weight is 333 g/mol. The molecule has 1 aromatic carbocycles. The van der Waals surface area contributed by atoms with Crippen LogP contribution in [0.15, 0.2) is 51.8 Å². The second kappa shape index (κ2) is 5.41. The van der Waals surface area contributed by atoms with Crippen LogP contribution in [0.2, 0.25) is 0 Å². The summed E-state index contributed by atoms with van der Waals surface area (Å²) in [6, 6.07) is 12.7. The van der Waals surface area contributed by atoms with Crippen molar-refractivity contribution in [2.24, 2.45) is 0 Å². The van der Waals surface area contributed by atoms with Crippen LogP contribution in [0.25, 0.3) is 10.9 Å². The zero-order chi connectivity index (χ0) is 13.2. The van der Waals surface area contributed by atoms with Crippen LogP contribution in [-0.2, 0) is 0 Å². The molecule has 19 heavy (non-hydrogen) atoms. The molecular formula is C15H13BrN2S. The van der Waals surface area contributed by atoms with Gasteiger partial charge in [0.25, 0.3) is 0 Å². The molecule has 0 spiro atoms. The number of hydrogen-bond acceptors (Lipinski definition) is 3. The third kappa shape index (κ3) is 2.56. The number of pyridine rings is 1. The quantitative estimate of drug-likeness (QED) is 0.770. The Bertz CT molecular complexity index is 708. The maximum Gasteiger partial charge on any atom is 0.0702 e. The first-order valence-electron chi connectivity index (χ1n) is 6.04. The van der Waals surface area contributed by atoms with Gasteiger partial charge in [-0.1, -0.05) is 18.2 Å². The van der Waals surface area contributed by atoms with E-state index in [1.807, 2.05) is 31.4 Å². The smallest absolute Gasteiger partial charge is 0.0702 e. The SMILES string of the molecule is CNC(c1csc(Br)c1)c1cnc2ccccc2c1. The fraction of sp³-hybridized carbons (Fsp3) is 0.133. The molecule has 0 saturated heterocycles. The lowest BCUT2D eigenvalue weighted by Gasteiger charge is -2.15. The topological polar surface area (TPSA) is 24.9 Å². The molecule has 3 rings (SSSR count). The molecule has 0 bridgehead atoms. The van der Waals surface area contributed by atoms with Gasteiger partial charge in [0.05, 0.1) is 15.3 Å². The molecule has 1 N–H and O–H groups in total. The van der Waals surface area contributed by atoms with Crippen LogP contribution in [0.1, 0.15) is 17.2 Å². The van der Waals surface area contributed by atoms with E-state index in [9.17, 15) is 0 Å². The minimum Gasteiger partial charge on any atom is -0.309 e. The van der Waals surface area contributed by atoms with Crippen molar-refractivity contribution in [3.63, 3.8) is 0 Å². The molecule has 96 valence electrons. The van der Waals surface area contributed by atoms with Crippen molar-refractivity contribution >= 4 is 38.2 Å². The van der Waals surface area contributed by atoms with E-state index in [0.717, 1.165) is 9.30 Å². The summed E-state index contributed by atoms with van der Waals surface area (Å²) in [6.45, 7) is 0. The van der Waals surface area contributed by atoms with Gasteiger partial charge in [-0.25, -0.2) is 0 Å². The summed E-state index contributed by atoms with van der Waals surface area (Å²) in [5.74, 6) is 0. The van der Waals surface area contributed by atoms with E-state index < -0.39 is 0 Å². The van der Waals surface area contributed by atoms with Crippen LogP contribution in [-0.4, -0.2) is 12.0 Å². The Labute approximate surface area is 124 Å². The van der Waals surface area contributed by atoms with Crippen molar-refractivity contribution in [2.75, 3.05) is 7.05 Å². The predicted molar refractivity (Wildman–Crippen MR) is 84.7 cm³/mol. The number of rotatable bonds is 3. The van der Waals surface area contributed by atoms with E-state index in [0.29, 0.717) is 0 Å². The minimum absolute atomic E-state index is 0.180. The Morgan fingerprint density at radius 1 is 1.21 bits per heavy atom. The summed E-state index contributed by atoms with van der Waals surface area (Å²) in [7, 11) is 1.98. The number of benzene rings is 1. The van der Waals surface area contributed by atoms with E-state index in [-0.39, 0.29) is 6.04 Å². The molecule has 0 saturated carbocycles. The van der Waals surface area contributed by atoms with Crippen molar-refractivity contribution in [2.45, 2.75) is 6.04 Å². The molecule has 2 aromatic heterocycles. The molecule has 0 radical (unpaired) electrons. The number of fused-ring (bicyclic) bond motifs is 1. The van der Waals surface area contributed by atoms with Gasteiger partial charge in [-0.2, -0.15) is 0 Å². The first-order valence-corrected chi connectivity index (χ1v) is 7.71. The number of nitrogens with one attached hydrogen (secondary N) is 1. The second-order valence-corrected chi connectivity index (χ2v) is 6.66. The molecule has 2 nitrogen and oxygen atoms in total. The van der Waals surface area contributed by atoms with Crippen LogP contribution < -0.4 is 5.32 Å². The Hall–Kier alpha value is -1.23. The van der Waals surface area contributed by atoms with Crippen molar-refractivity contribution in [3.05, 3.63) is 62.9 Å². The van der Waals surface area contributed by atoms with Crippen molar-refractivity contribution < 1.29 is 0 Å². The van der Waals surface area contributed by atoms with Gasteiger partial charge in [-0.3, -0.25) is 4.98 Å². The monoisotopic (exact) mass is 332 g/mol.